The molecule has 98 valence electrons. The van der Waals surface area contributed by atoms with E-state index >= 15 is 0 Å². The van der Waals surface area contributed by atoms with Crippen molar-refractivity contribution in [3.8, 4) is 0 Å². The fraction of sp³-hybridized carbons (Fsp3) is 0.333. The summed E-state index contributed by atoms with van der Waals surface area (Å²) in [5.74, 6) is 0. The number of nitrogens with zero attached hydrogens (tertiary/aromatic N) is 2. The maximum atomic E-state index is 5.91. The van der Waals surface area contributed by atoms with E-state index in [2.05, 4.69) is 27.4 Å². The van der Waals surface area contributed by atoms with Gasteiger partial charge in [0.05, 0.1) is 5.69 Å². The Balaban J connectivity index is 1.85. The van der Waals surface area contributed by atoms with Crippen LogP contribution in [-0.2, 0) is 6.42 Å². The van der Waals surface area contributed by atoms with E-state index < -0.39 is 0 Å². The molecule has 0 bridgehead atoms. The van der Waals surface area contributed by atoms with Gasteiger partial charge in [0.1, 0.15) is 6.33 Å². The van der Waals surface area contributed by atoms with Crippen molar-refractivity contribution in [2.75, 3.05) is 6.54 Å². The predicted molar refractivity (Wildman–Crippen MR) is 76.3 cm³/mol. The molecule has 0 spiro atoms. The first-order chi connectivity index (χ1) is 9.33. The molecular formula is C15H16ClN3. The van der Waals surface area contributed by atoms with E-state index in [1.165, 1.54) is 17.5 Å². The van der Waals surface area contributed by atoms with Crippen LogP contribution in [0, 0.1) is 0 Å². The zero-order chi connectivity index (χ0) is 13.1. The van der Waals surface area contributed by atoms with Crippen LogP contribution >= 0.6 is 11.6 Å². The molecule has 0 radical (unpaired) electrons. The van der Waals surface area contributed by atoms with Gasteiger partial charge in [0.2, 0.25) is 0 Å². The average molecular weight is 274 g/mol. The van der Waals surface area contributed by atoms with E-state index in [-0.39, 0.29) is 0 Å². The quantitative estimate of drug-likeness (QED) is 0.934. The molecule has 3 rings (SSSR count). The molecule has 2 heterocycles. The fourth-order valence-electron chi connectivity index (χ4n) is 2.56. The Morgan fingerprint density at radius 2 is 2.11 bits per heavy atom. The average Bonchev–Trinajstić information content (AvgIpc) is 2.96. The van der Waals surface area contributed by atoms with Crippen LogP contribution in [0.25, 0.3) is 0 Å². The van der Waals surface area contributed by atoms with E-state index in [1.54, 1.807) is 6.33 Å². The largest absolute Gasteiger partial charge is 0.309 e. The van der Waals surface area contributed by atoms with Crippen molar-refractivity contribution in [3.63, 3.8) is 0 Å². The summed E-state index contributed by atoms with van der Waals surface area (Å²) < 4.78 is 0. The van der Waals surface area contributed by atoms with Gasteiger partial charge in [-0.15, -0.1) is 0 Å². The molecule has 0 saturated carbocycles. The monoisotopic (exact) mass is 273 g/mol. The molecular weight excluding hydrogens is 258 g/mol. The summed E-state index contributed by atoms with van der Waals surface area (Å²) in [6.45, 7) is 1.08. The first-order valence-corrected chi connectivity index (χ1v) is 6.97. The van der Waals surface area contributed by atoms with Gasteiger partial charge in [-0.25, -0.2) is 9.97 Å². The smallest absolute Gasteiger partial charge is 0.115 e. The Morgan fingerprint density at radius 1 is 1.26 bits per heavy atom. The van der Waals surface area contributed by atoms with Crippen molar-refractivity contribution >= 4 is 11.6 Å². The van der Waals surface area contributed by atoms with E-state index in [1.807, 2.05) is 18.3 Å². The van der Waals surface area contributed by atoms with E-state index in [0.717, 1.165) is 30.1 Å². The third-order valence-electron chi connectivity index (χ3n) is 3.52. The van der Waals surface area contributed by atoms with Crippen LogP contribution in [0.15, 0.2) is 36.8 Å². The highest BCUT2D eigenvalue weighted by atomic mass is 35.5. The van der Waals surface area contributed by atoms with Crippen LogP contribution in [0.1, 0.15) is 35.7 Å². The molecule has 1 atom stereocenters. The Hall–Kier alpha value is -1.45. The number of halogens is 1. The second-order valence-corrected chi connectivity index (χ2v) is 5.32. The summed E-state index contributed by atoms with van der Waals surface area (Å²) in [5.41, 5.74) is 3.57. The van der Waals surface area contributed by atoms with Gasteiger partial charge < -0.3 is 5.32 Å². The summed E-state index contributed by atoms with van der Waals surface area (Å²) in [4.78, 5) is 8.64. The highest BCUT2D eigenvalue weighted by molar-refractivity contribution is 6.30. The third kappa shape index (κ3) is 2.94. The molecule has 0 aliphatic carbocycles. The van der Waals surface area contributed by atoms with Gasteiger partial charge in [-0.05, 0) is 42.6 Å². The topological polar surface area (TPSA) is 37.8 Å². The van der Waals surface area contributed by atoms with Crippen LogP contribution in [0.2, 0.25) is 5.02 Å². The molecule has 3 nitrogen and oxygen atoms in total. The molecule has 1 saturated heterocycles. The lowest BCUT2D eigenvalue weighted by Gasteiger charge is -2.14. The van der Waals surface area contributed by atoms with Crippen molar-refractivity contribution in [1.29, 1.82) is 0 Å². The molecule has 19 heavy (non-hydrogen) atoms. The standard InChI is InChI=1S/C15H16ClN3/c16-13-5-3-11(4-6-13)8-12-9-17-10-19-15(12)14-2-1-7-18-14/h3-6,9-10,14,18H,1-2,7-8H2/t14-/m1/s1. The van der Waals surface area contributed by atoms with E-state index in [4.69, 9.17) is 11.6 Å². The zero-order valence-corrected chi connectivity index (χ0v) is 11.4. The second kappa shape index (κ2) is 5.68. The molecule has 1 fully saturated rings. The van der Waals surface area contributed by atoms with Gasteiger partial charge in [-0.3, -0.25) is 0 Å². The summed E-state index contributed by atoms with van der Waals surface area (Å²) in [6.07, 6.45) is 6.79. The summed E-state index contributed by atoms with van der Waals surface area (Å²) in [5, 5.41) is 4.27. The highest BCUT2D eigenvalue weighted by Crippen LogP contribution is 2.25. The van der Waals surface area contributed by atoms with Crippen molar-refractivity contribution in [3.05, 3.63) is 58.6 Å². The number of aromatic nitrogens is 2. The van der Waals surface area contributed by atoms with Crippen molar-refractivity contribution in [2.24, 2.45) is 0 Å². The minimum atomic E-state index is 0.380. The van der Waals surface area contributed by atoms with Crippen LogP contribution in [-0.4, -0.2) is 16.5 Å². The summed E-state index contributed by atoms with van der Waals surface area (Å²) in [6, 6.07) is 8.34. The maximum absolute atomic E-state index is 5.91. The number of hydrogen-bond acceptors (Lipinski definition) is 3. The number of hydrogen-bond donors (Lipinski definition) is 1. The first-order valence-electron chi connectivity index (χ1n) is 6.59. The lowest BCUT2D eigenvalue weighted by atomic mass is 10.0. The van der Waals surface area contributed by atoms with Crippen LogP contribution < -0.4 is 5.32 Å². The van der Waals surface area contributed by atoms with Crippen molar-refractivity contribution in [1.82, 2.24) is 15.3 Å². The molecule has 1 N–H and O–H groups in total. The Morgan fingerprint density at radius 3 is 2.84 bits per heavy atom. The van der Waals surface area contributed by atoms with Crippen molar-refractivity contribution in [2.45, 2.75) is 25.3 Å². The Kier molecular flexibility index (Phi) is 3.76. The lowest BCUT2D eigenvalue weighted by molar-refractivity contribution is 0.618. The van der Waals surface area contributed by atoms with Crippen LogP contribution in [0.4, 0.5) is 0 Å². The SMILES string of the molecule is Clc1ccc(Cc2cncnc2[C@H]2CCCN2)cc1. The molecule has 2 aromatic rings. The van der Waals surface area contributed by atoms with Gasteiger partial charge in [-0.2, -0.15) is 0 Å². The van der Waals surface area contributed by atoms with E-state index in [0.29, 0.717) is 6.04 Å². The highest BCUT2D eigenvalue weighted by Gasteiger charge is 2.20. The molecule has 1 aromatic heterocycles. The molecule has 0 unspecified atom stereocenters. The summed E-state index contributed by atoms with van der Waals surface area (Å²) in [7, 11) is 0. The minimum Gasteiger partial charge on any atom is -0.309 e. The number of benzene rings is 1. The van der Waals surface area contributed by atoms with Gasteiger partial charge >= 0.3 is 0 Å². The number of rotatable bonds is 3. The molecule has 4 heteroatoms. The predicted octanol–water partition coefficient (Wildman–Crippen LogP) is 3.15. The second-order valence-electron chi connectivity index (χ2n) is 4.89. The van der Waals surface area contributed by atoms with Gasteiger partial charge in [0, 0.05) is 23.7 Å². The fourth-order valence-corrected chi connectivity index (χ4v) is 2.68. The van der Waals surface area contributed by atoms with Gasteiger partial charge in [-0.1, -0.05) is 23.7 Å². The van der Waals surface area contributed by atoms with Crippen LogP contribution in [0.5, 0.6) is 0 Å². The molecule has 1 aliphatic heterocycles. The van der Waals surface area contributed by atoms with E-state index in [9.17, 15) is 0 Å². The normalized spacial score (nSPS) is 18.7. The molecule has 0 amide bonds. The number of nitrogens with one attached hydrogen (secondary N) is 1. The first kappa shape index (κ1) is 12.6. The van der Waals surface area contributed by atoms with Gasteiger partial charge in [0.25, 0.3) is 0 Å². The van der Waals surface area contributed by atoms with Crippen molar-refractivity contribution < 1.29 is 0 Å². The molecule has 1 aromatic carbocycles. The minimum absolute atomic E-state index is 0.380. The molecule has 1 aliphatic rings. The lowest BCUT2D eigenvalue weighted by Crippen LogP contribution is -2.16. The Labute approximate surface area is 118 Å². The Bertz CT molecular complexity index is 548. The van der Waals surface area contributed by atoms with Gasteiger partial charge in [0.15, 0.2) is 0 Å². The zero-order valence-electron chi connectivity index (χ0n) is 10.6. The maximum Gasteiger partial charge on any atom is 0.115 e. The third-order valence-corrected chi connectivity index (χ3v) is 3.77. The van der Waals surface area contributed by atoms with Crippen LogP contribution in [0.3, 0.4) is 0 Å². The summed E-state index contributed by atoms with van der Waals surface area (Å²) >= 11 is 5.91.